The third-order valence-corrected chi connectivity index (χ3v) is 3.92. The number of rotatable bonds is 6. The second kappa shape index (κ2) is 7.13. The standard InChI is InChI=1S/C14H22F3NO3/c1-10(7-14(15,16)17)18-11(19)8-13(9-12(20)21)5-3-2-4-6-13/h10H,2-9H2,1H3,(H,18,19)(H,20,21). The molecule has 0 aliphatic heterocycles. The lowest BCUT2D eigenvalue weighted by atomic mass is 9.69. The van der Waals surface area contributed by atoms with E-state index in [1.54, 1.807) is 0 Å². The van der Waals surface area contributed by atoms with E-state index in [0.29, 0.717) is 12.8 Å². The third kappa shape index (κ3) is 6.82. The number of halogens is 3. The molecular formula is C14H22F3NO3. The molecule has 1 aliphatic rings. The molecule has 7 heteroatoms. The summed E-state index contributed by atoms with van der Waals surface area (Å²) in [6.45, 7) is 1.30. The molecule has 0 aromatic heterocycles. The second-order valence-corrected chi connectivity index (χ2v) is 6.10. The highest BCUT2D eigenvalue weighted by molar-refractivity contribution is 5.78. The Bertz CT molecular complexity index is 376. The van der Waals surface area contributed by atoms with Crippen molar-refractivity contribution in [1.29, 1.82) is 0 Å². The SMILES string of the molecule is CC(CC(F)(F)F)NC(=O)CC1(CC(=O)O)CCCCC1. The van der Waals surface area contributed by atoms with Gasteiger partial charge in [0.1, 0.15) is 0 Å². The van der Waals surface area contributed by atoms with E-state index in [1.807, 2.05) is 0 Å². The minimum absolute atomic E-state index is 0.0124. The van der Waals surface area contributed by atoms with Crippen molar-refractivity contribution in [3.8, 4) is 0 Å². The van der Waals surface area contributed by atoms with Crippen LogP contribution < -0.4 is 5.32 Å². The zero-order valence-electron chi connectivity index (χ0n) is 12.1. The van der Waals surface area contributed by atoms with E-state index in [9.17, 15) is 22.8 Å². The molecule has 0 saturated heterocycles. The first-order valence-corrected chi connectivity index (χ1v) is 7.20. The van der Waals surface area contributed by atoms with Crippen LogP contribution in [0.3, 0.4) is 0 Å². The number of carboxylic acids is 1. The fourth-order valence-electron chi connectivity index (χ4n) is 3.10. The zero-order chi connectivity index (χ0) is 16.1. The molecule has 2 N–H and O–H groups in total. The van der Waals surface area contributed by atoms with Crippen LogP contribution in [0.4, 0.5) is 13.2 Å². The van der Waals surface area contributed by atoms with Gasteiger partial charge in [-0.3, -0.25) is 9.59 Å². The summed E-state index contributed by atoms with van der Waals surface area (Å²) in [4.78, 5) is 22.9. The largest absolute Gasteiger partial charge is 0.481 e. The number of amides is 1. The summed E-state index contributed by atoms with van der Waals surface area (Å²) in [5.74, 6) is -1.46. The second-order valence-electron chi connectivity index (χ2n) is 6.10. The molecule has 1 amide bonds. The van der Waals surface area contributed by atoms with Crippen molar-refractivity contribution in [1.82, 2.24) is 5.32 Å². The van der Waals surface area contributed by atoms with Gasteiger partial charge in [0.15, 0.2) is 0 Å². The van der Waals surface area contributed by atoms with Crippen LogP contribution in [0.5, 0.6) is 0 Å². The molecule has 0 heterocycles. The van der Waals surface area contributed by atoms with E-state index in [2.05, 4.69) is 5.32 Å². The van der Waals surface area contributed by atoms with Gasteiger partial charge in [0, 0.05) is 12.5 Å². The number of aliphatic carboxylic acids is 1. The summed E-state index contributed by atoms with van der Waals surface area (Å²) in [7, 11) is 0. The number of hydrogen-bond acceptors (Lipinski definition) is 2. The van der Waals surface area contributed by atoms with Crippen LogP contribution in [0, 0.1) is 5.41 Å². The van der Waals surface area contributed by atoms with E-state index in [4.69, 9.17) is 5.11 Å². The van der Waals surface area contributed by atoms with Crippen LogP contribution >= 0.6 is 0 Å². The Morgan fingerprint density at radius 2 is 1.76 bits per heavy atom. The van der Waals surface area contributed by atoms with E-state index in [0.717, 1.165) is 19.3 Å². The molecule has 0 aromatic rings. The fourth-order valence-corrected chi connectivity index (χ4v) is 3.10. The van der Waals surface area contributed by atoms with Crippen molar-refractivity contribution in [2.75, 3.05) is 0 Å². The highest BCUT2D eigenvalue weighted by atomic mass is 19.4. The molecule has 122 valence electrons. The molecule has 0 spiro atoms. The van der Waals surface area contributed by atoms with Gasteiger partial charge in [-0.1, -0.05) is 19.3 Å². The molecular weight excluding hydrogens is 287 g/mol. The lowest BCUT2D eigenvalue weighted by Crippen LogP contribution is -2.40. The van der Waals surface area contributed by atoms with Gasteiger partial charge in [0.2, 0.25) is 5.91 Å². The number of alkyl halides is 3. The molecule has 4 nitrogen and oxygen atoms in total. The van der Waals surface area contributed by atoms with Crippen molar-refractivity contribution in [2.24, 2.45) is 5.41 Å². The van der Waals surface area contributed by atoms with Crippen molar-refractivity contribution in [3.63, 3.8) is 0 Å². The van der Waals surface area contributed by atoms with Gasteiger partial charge < -0.3 is 10.4 Å². The van der Waals surface area contributed by atoms with Gasteiger partial charge in [0.05, 0.1) is 12.8 Å². The molecule has 0 radical (unpaired) electrons. The smallest absolute Gasteiger partial charge is 0.391 e. The molecule has 21 heavy (non-hydrogen) atoms. The quantitative estimate of drug-likeness (QED) is 0.791. The number of nitrogens with one attached hydrogen (secondary N) is 1. The fraction of sp³-hybridized carbons (Fsp3) is 0.857. The first-order valence-electron chi connectivity index (χ1n) is 7.20. The average Bonchev–Trinajstić information content (AvgIpc) is 2.24. The van der Waals surface area contributed by atoms with Gasteiger partial charge in [-0.25, -0.2) is 0 Å². The summed E-state index contributed by atoms with van der Waals surface area (Å²) in [6.07, 6.45) is -1.51. The van der Waals surface area contributed by atoms with Crippen LogP contribution in [0.2, 0.25) is 0 Å². The first-order chi connectivity index (χ1) is 9.62. The van der Waals surface area contributed by atoms with Gasteiger partial charge in [-0.05, 0) is 25.2 Å². The molecule has 1 atom stereocenters. The molecule has 1 unspecified atom stereocenters. The molecule has 1 saturated carbocycles. The van der Waals surface area contributed by atoms with Crippen LogP contribution in [0.15, 0.2) is 0 Å². The van der Waals surface area contributed by atoms with Crippen LogP contribution in [0.25, 0.3) is 0 Å². The summed E-state index contributed by atoms with van der Waals surface area (Å²) in [5, 5.41) is 11.3. The van der Waals surface area contributed by atoms with Crippen molar-refractivity contribution >= 4 is 11.9 Å². The predicted molar refractivity (Wildman–Crippen MR) is 70.7 cm³/mol. The Labute approximate surface area is 122 Å². The maximum absolute atomic E-state index is 12.2. The normalized spacial score (nSPS) is 19.8. The maximum Gasteiger partial charge on any atom is 0.391 e. The number of carbonyl (C=O) groups excluding carboxylic acids is 1. The summed E-state index contributed by atoms with van der Waals surface area (Å²) >= 11 is 0. The van der Waals surface area contributed by atoms with Crippen molar-refractivity contribution in [2.45, 2.75) is 70.5 Å². The summed E-state index contributed by atoms with van der Waals surface area (Å²) < 4.78 is 36.7. The molecule has 0 bridgehead atoms. The molecule has 1 rings (SSSR count). The zero-order valence-corrected chi connectivity index (χ0v) is 12.1. The maximum atomic E-state index is 12.2. The minimum atomic E-state index is -4.32. The van der Waals surface area contributed by atoms with Crippen LogP contribution in [-0.2, 0) is 9.59 Å². The molecule has 1 fully saturated rings. The Kier molecular flexibility index (Phi) is 6.04. The number of carboxylic acid groups (broad SMARTS) is 1. The van der Waals surface area contributed by atoms with Crippen molar-refractivity contribution < 1.29 is 27.9 Å². The van der Waals surface area contributed by atoms with E-state index >= 15 is 0 Å². The Morgan fingerprint density at radius 3 is 2.24 bits per heavy atom. The van der Waals surface area contributed by atoms with Gasteiger partial charge in [0.25, 0.3) is 0 Å². The number of carbonyl (C=O) groups is 2. The van der Waals surface area contributed by atoms with Crippen LogP contribution in [-0.4, -0.2) is 29.2 Å². The van der Waals surface area contributed by atoms with E-state index in [-0.39, 0.29) is 12.8 Å². The van der Waals surface area contributed by atoms with Crippen LogP contribution in [0.1, 0.15) is 58.3 Å². The monoisotopic (exact) mass is 309 g/mol. The summed E-state index contributed by atoms with van der Waals surface area (Å²) in [5.41, 5.74) is -0.605. The lowest BCUT2D eigenvalue weighted by Gasteiger charge is -2.35. The minimum Gasteiger partial charge on any atom is -0.481 e. The van der Waals surface area contributed by atoms with E-state index < -0.39 is 35.9 Å². The third-order valence-electron chi connectivity index (χ3n) is 3.92. The van der Waals surface area contributed by atoms with Gasteiger partial charge in [-0.15, -0.1) is 0 Å². The highest BCUT2D eigenvalue weighted by Crippen LogP contribution is 2.42. The molecule has 1 aliphatic carbocycles. The highest BCUT2D eigenvalue weighted by Gasteiger charge is 2.37. The van der Waals surface area contributed by atoms with Crippen molar-refractivity contribution in [3.05, 3.63) is 0 Å². The Morgan fingerprint density at radius 1 is 1.19 bits per heavy atom. The summed E-state index contributed by atoms with van der Waals surface area (Å²) in [6, 6.07) is -0.997. The lowest BCUT2D eigenvalue weighted by molar-refractivity contribution is -0.142. The Hall–Kier alpha value is -1.27. The Balaban J connectivity index is 2.58. The number of hydrogen-bond donors (Lipinski definition) is 2. The van der Waals surface area contributed by atoms with Gasteiger partial charge in [-0.2, -0.15) is 13.2 Å². The van der Waals surface area contributed by atoms with Gasteiger partial charge >= 0.3 is 12.1 Å². The van der Waals surface area contributed by atoms with E-state index in [1.165, 1.54) is 6.92 Å². The predicted octanol–water partition coefficient (Wildman–Crippen LogP) is 3.26. The average molecular weight is 309 g/mol. The molecule has 0 aromatic carbocycles. The first kappa shape index (κ1) is 17.8. The topological polar surface area (TPSA) is 66.4 Å².